The maximum absolute atomic E-state index is 12.0. The van der Waals surface area contributed by atoms with Crippen LogP contribution >= 0.6 is 22.9 Å². The molecule has 0 aliphatic heterocycles. The Bertz CT molecular complexity index is 640. The first-order chi connectivity index (χ1) is 9.17. The molecule has 96 valence electrons. The first kappa shape index (κ1) is 13.6. The summed E-state index contributed by atoms with van der Waals surface area (Å²) in [6, 6.07) is 7.14. The van der Waals surface area contributed by atoms with E-state index in [9.17, 15) is 4.79 Å². The maximum atomic E-state index is 12.0. The fourth-order valence-corrected chi connectivity index (χ4v) is 2.65. The first-order valence-corrected chi connectivity index (χ1v) is 6.85. The largest absolute Gasteiger partial charge is 0.463 e. The van der Waals surface area contributed by atoms with E-state index in [0.29, 0.717) is 21.2 Å². The SMILES string of the molecule is [C-]#[N+]c1scc(-c2ccc(Cl)cc2)c1C(=O)OCC. The third-order valence-corrected chi connectivity index (χ3v) is 3.63. The number of rotatable bonds is 3. The van der Waals surface area contributed by atoms with Crippen molar-refractivity contribution in [2.24, 2.45) is 0 Å². The van der Waals surface area contributed by atoms with Gasteiger partial charge in [-0.05, 0) is 35.6 Å². The lowest BCUT2D eigenvalue weighted by molar-refractivity contribution is 0.0529. The van der Waals surface area contributed by atoms with Gasteiger partial charge in [0.25, 0.3) is 5.00 Å². The highest BCUT2D eigenvalue weighted by Gasteiger charge is 2.21. The number of esters is 1. The molecule has 0 radical (unpaired) electrons. The molecule has 2 rings (SSSR count). The van der Waals surface area contributed by atoms with Crippen molar-refractivity contribution in [3.8, 4) is 11.1 Å². The summed E-state index contributed by atoms with van der Waals surface area (Å²) in [6.07, 6.45) is 0. The summed E-state index contributed by atoms with van der Waals surface area (Å²) < 4.78 is 5.01. The van der Waals surface area contributed by atoms with Crippen molar-refractivity contribution in [1.82, 2.24) is 0 Å². The molecule has 3 nitrogen and oxygen atoms in total. The summed E-state index contributed by atoms with van der Waals surface area (Å²) >= 11 is 7.09. The van der Waals surface area contributed by atoms with E-state index in [1.165, 1.54) is 11.3 Å². The third-order valence-electron chi connectivity index (χ3n) is 2.51. The molecule has 0 fully saturated rings. The maximum Gasteiger partial charge on any atom is 0.329 e. The van der Waals surface area contributed by atoms with Crippen LogP contribution in [0.15, 0.2) is 29.6 Å². The van der Waals surface area contributed by atoms with Crippen LogP contribution in [0.2, 0.25) is 5.02 Å². The van der Waals surface area contributed by atoms with Gasteiger partial charge >= 0.3 is 5.97 Å². The second-order valence-electron chi connectivity index (χ2n) is 3.67. The molecular formula is C14H10ClNO2S. The first-order valence-electron chi connectivity index (χ1n) is 5.59. The van der Waals surface area contributed by atoms with Gasteiger partial charge in [-0.25, -0.2) is 9.64 Å². The van der Waals surface area contributed by atoms with Crippen molar-refractivity contribution in [2.75, 3.05) is 6.61 Å². The minimum atomic E-state index is -0.459. The number of nitrogens with zero attached hydrogens (tertiary/aromatic N) is 1. The lowest BCUT2D eigenvalue weighted by Crippen LogP contribution is -2.04. The molecular weight excluding hydrogens is 282 g/mol. The smallest absolute Gasteiger partial charge is 0.329 e. The Morgan fingerprint density at radius 2 is 2.11 bits per heavy atom. The standard InChI is InChI=1S/C14H10ClNO2S/c1-3-18-14(17)12-11(8-19-13(12)16-2)9-4-6-10(15)7-5-9/h4-8H,3H2,1H3. The minimum absolute atomic E-state index is 0.284. The molecule has 0 amide bonds. The lowest BCUT2D eigenvalue weighted by Gasteiger charge is -2.05. The van der Waals surface area contributed by atoms with E-state index in [1.54, 1.807) is 24.4 Å². The number of hydrogen-bond donors (Lipinski definition) is 0. The molecule has 0 unspecified atom stereocenters. The van der Waals surface area contributed by atoms with Gasteiger partial charge in [0, 0.05) is 5.02 Å². The van der Waals surface area contributed by atoms with E-state index in [4.69, 9.17) is 22.9 Å². The quantitative estimate of drug-likeness (QED) is 0.601. The van der Waals surface area contributed by atoms with E-state index in [-0.39, 0.29) is 6.61 Å². The molecule has 0 saturated heterocycles. The van der Waals surface area contributed by atoms with Gasteiger partial charge < -0.3 is 4.74 Å². The predicted octanol–water partition coefficient (Wildman–Crippen LogP) is 4.80. The molecule has 19 heavy (non-hydrogen) atoms. The van der Waals surface area contributed by atoms with Crippen LogP contribution in [-0.2, 0) is 4.74 Å². The zero-order chi connectivity index (χ0) is 13.8. The Balaban J connectivity index is 2.52. The van der Waals surface area contributed by atoms with E-state index < -0.39 is 5.97 Å². The Hall–Kier alpha value is -1.83. The number of hydrogen-bond acceptors (Lipinski definition) is 3. The number of thiophene rings is 1. The van der Waals surface area contributed by atoms with E-state index in [2.05, 4.69) is 4.85 Å². The van der Waals surface area contributed by atoms with Gasteiger partial charge in [0.05, 0.1) is 18.7 Å². The highest BCUT2D eigenvalue weighted by Crippen LogP contribution is 2.38. The Labute approximate surface area is 120 Å². The zero-order valence-electron chi connectivity index (χ0n) is 10.1. The van der Waals surface area contributed by atoms with E-state index in [1.807, 2.05) is 12.1 Å². The summed E-state index contributed by atoms with van der Waals surface area (Å²) in [7, 11) is 0. The molecule has 1 aromatic heterocycles. The van der Waals surface area contributed by atoms with Crippen molar-refractivity contribution in [1.29, 1.82) is 0 Å². The van der Waals surface area contributed by atoms with Crippen LogP contribution in [0.1, 0.15) is 17.3 Å². The second kappa shape index (κ2) is 5.87. The summed E-state index contributed by atoms with van der Waals surface area (Å²) in [6.45, 7) is 9.15. The van der Waals surface area contributed by atoms with Gasteiger partial charge in [0.2, 0.25) is 0 Å². The van der Waals surface area contributed by atoms with Crippen molar-refractivity contribution in [3.05, 3.63) is 51.6 Å². The van der Waals surface area contributed by atoms with Crippen LogP contribution in [0.5, 0.6) is 0 Å². The Kier molecular flexibility index (Phi) is 4.20. The van der Waals surface area contributed by atoms with E-state index >= 15 is 0 Å². The van der Waals surface area contributed by atoms with Crippen molar-refractivity contribution < 1.29 is 9.53 Å². The highest BCUT2D eigenvalue weighted by atomic mass is 35.5. The van der Waals surface area contributed by atoms with Gasteiger partial charge in [0.15, 0.2) is 0 Å². The summed E-state index contributed by atoms with van der Waals surface area (Å²) in [5.74, 6) is -0.459. The Morgan fingerprint density at radius 1 is 1.42 bits per heavy atom. The average molecular weight is 292 g/mol. The molecule has 0 bridgehead atoms. The Morgan fingerprint density at radius 3 is 2.68 bits per heavy atom. The molecule has 0 aliphatic rings. The molecule has 2 aromatic rings. The van der Waals surface area contributed by atoms with Crippen LogP contribution in [0.25, 0.3) is 16.0 Å². The monoisotopic (exact) mass is 291 g/mol. The van der Waals surface area contributed by atoms with Crippen LogP contribution in [0.3, 0.4) is 0 Å². The highest BCUT2D eigenvalue weighted by molar-refractivity contribution is 7.15. The van der Waals surface area contributed by atoms with Gasteiger partial charge in [0.1, 0.15) is 0 Å². The summed E-state index contributed by atoms with van der Waals surface area (Å²) in [5.41, 5.74) is 1.90. The fraction of sp³-hybridized carbons (Fsp3) is 0.143. The van der Waals surface area contributed by atoms with Crippen LogP contribution in [0.4, 0.5) is 5.00 Å². The minimum Gasteiger partial charge on any atom is -0.463 e. The number of carbonyl (C=O) groups is 1. The van der Waals surface area contributed by atoms with E-state index in [0.717, 1.165) is 5.56 Å². The third kappa shape index (κ3) is 2.78. The normalized spacial score (nSPS) is 9.95. The fourth-order valence-electron chi connectivity index (χ4n) is 1.67. The average Bonchev–Trinajstić information content (AvgIpc) is 2.83. The zero-order valence-corrected chi connectivity index (χ0v) is 11.7. The van der Waals surface area contributed by atoms with Crippen molar-refractivity contribution in [3.63, 3.8) is 0 Å². The summed E-state index contributed by atoms with van der Waals surface area (Å²) in [5, 5.41) is 2.77. The van der Waals surface area contributed by atoms with Crippen molar-refractivity contribution >= 4 is 33.9 Å². The van der Waals surface area contributed by atoms with Crippen molar-refractivity contribution in [2.45, 2.75) is 6.92 Å². The number of halogens is 1. The lowest BCUT2D eigenvalue weighted by atomic mass is 10.0. The molecule has 1 heterocycles. The molecule has 0 saturated carbocycles. The molecule has 0 atom stereocenters. The second-order valence-corrected chi connectivity index (χ2v) is 4.96. The predicted molar refractivity (Wildman–Crippen MR) is 77.0 cm³/mol. The van der Waals surface area contributed by atoms with Crippen LogP contribution in [0, 0.1) is 6.57 Å². The number of carbonyl (C=O) groups excluding carboxylic acids is 1. The summed E-state index contributed by atoms with van der Waals surface area (Å²) in [4.78, 5) is 15.3. The topological polar surface area (TPSA) is 30.7 Å². The molecule has 1 aromatic carbocycles. The van der Waals surface area contributed by atoms with Crippen LogP contribution in [-0.4, -0.2) is 12.6 Å². The van der Waals surface area contributed by atoms with Gasteiger partial charge in [-0.3, -0.25) is 0 Å². The molecule has 5 heteroatoms. The molecule has 0 N–H and O–H groups in total. The van der Waals surface area contributed by atoms with Crippen LogP contribution < -0.4 is 0 Å². The van der Waals surface area contributed by atoms with Gasteiger partial charge in [-0.2, -0.15) is 11.3 Å². The molecule has 0 aliphatic carbocycles. The number of ether oxygens (including phenoxy) is 1. The molecule has 0 spiro atoms. The van der Waals surface area contributed by atoms with Gasteiger partial charge in [-0.15, -0.1) is 0 Å². The number of benzene rings is 1. The van der Waals surface area contributed by atoms with Gasteiger partial charge in [-0.1, -0.05) is 23.7 Å².